The second kappa shape index (κ2) is 4.51. The Morgan fingerprint density at radius 1 is 1.57 bits per heavy atom. The van der Waals surface area contributed by atoms with Crippen molar-refractivity contribution in [2.75, 3.05) is 0 Å². The van der Waals surface area contributed by atoms with Gasteiger partial charge in [0, 0.05) is 23.5 Å². The molecule has 2 heteroatoms. The van der Waals surface area contributed by atoms with Gasteiger partial charge in [0.15, 0.2) is 0 Å². The van der Waals surface area contributed by atoms with Gasteiger partial charge in [-0.1, -0.05) is 19.2 Å². The molecule has 1 aromatic rings. The highest BCUT2D eigenvalue weighted by Crippen LogP contribution is 2.25. The fourth-order valence-corrected chi connectivity index (χ4v) is 1.20. The van der Waals surface area contributed by atoms with Gasteiger partial charge < -0.3 is 0 Å². The second-order valence-electron chi connectivity index (χ2n) is 2.95. The third-order valence-corrected chi connectivity index (χ3v) is 1.80. The molecule has 0 spiro atoms. The predicted octanol–water partition coefficient (Wildman–Crippen LogP) is 3.52. The van der Waals surface area contributed by atoms with Crippen LogP contribution in [0.4, 0.5) is 4.39 Å². The molecule has 14 heavy (non-hydrogen) atoms. The molecule has 0 amide bonds. The van der Waals surface area contributed by atoms with Crippen molar-refractivity contribution in [1.82, 2.24) is 4.98 Å². The summed E-state index contributed by atoms with van der Waals surface area (Å²) >= 11 is 0. The minimum atomic E-state index is -0.370. The van der Waals surface area contributed by atoms with Crippen molar-refractivity contribution in [3.8, 4) is 0 Å². The first-order chi connectivity index (χ1) is 6.66. The molecule has 0 aliphatic carbocycles. The SMILES string of the molecule is C=C/C(F)=C(\C(=C)C)c1cccnc1. The molecule has 0 aliphatic rings. The highest BCUT2D eigenvalue weighted by atomic mass is 19.1. The fourth-order valence-electron chi connectivity index (χ4n) is 1.20. The van der Waals surface area contributed by atoms with E-state index in [0.29, 0.717) is 11.1 Å². The van der Waals surface area contributed by atoms with Crippen LogP contribution in [0.2, 0.25) is 0 Å². The number of hydrogen-bond donors (Lipinski definition) is 0. The van der Waals surface area contributed by atoms with E-state index in [0.717, 1.165) is 5.56 Å². The monoisotopic (exact) mass is 189 g/mol. The van der Waals surface area contributed by atoms with Crippen LogP contribution in [-0.2, 0) is 0 Å². The van der Waals surface area contributed by atoms with E-state index >= 15 is 0 Å². The van der Waals surface area contributed by atoms with Crippen molar-refractivity contribution in [2.24, 2.45) is 0 Å². The Morgan fingerprint density at radius 2 is 2.29 bits per heavy atom. The Bertz CT molecular complexity index is 377. The molecule has 0 fully saturated rings. The van der Waals surface area contributed by atoms with Gasteiger partial charge in [-0.3, -0.25) is 4.98 Å². The van der Waals surface area contributed by atoms with Crippen LogP contribution >= 0.6 is 0 Å². The molecule has 0 bridgehead atoms. The maximum Gasteiger partial charge on any atom is 0.130 e. The van der Waals surface area contributed by atoms with Gasteiger partial charge in [0.1, 0.15) is 5.83 Å². The van der Waals surface area contributed by atoms with Gasteiger partial charge in [-0.2, -0.15) is 0 Å². The summed E-state index contributed by atoms with van der Waals surface area (Å²) in [7, 11) is 0. The third-order valence-electron chi connectivity index (χ3n) is 1.80. The molecule has 0 saturated heterocycles. The van der Waals surface area contributed by atoms with Gasteiger partial charge in [0.25, 0.3) is 0 Å². The van der Waals surface area contributed by atoms with Crippen LogP contribution in [0.1, 0.15) is 12.5 Å². The molecule has 72 valence electrons. The van der Waals surface area contributed by atoms with E-state index in [1.54, 1.807) is 31.5 Å². The zero-order valence-electron chi connectivity index (χ0n) is 8.13. The van der Waals surface area contributed by atoms with E-state index < -0.39 is 0 Å². The highest BCUT2D eigenvalue weighted by molar-refractivity contribution is 5.80. The summed E-state index contributed by atoms with van der Waals surface area (Å²) in [4.78, 5) is 3.93. The molecule has 1 aromatic heterocycles. The van der Waals surface area contributed by atoms with Crippen molar-refractivity contribution in [3.63, 3.8) is 0 Å². The number of aromatic nitrogens is 1. The van der Waals surface area contributed by atoms with Crippen molar-refractivity contribution >= 4 is 5.57 Å². The van der Waals surface area contributed by atoms with Crippen LogP contribution in [-0.4, -0.2) is 4.98 Å². The van der Waals surface area contributed by atoms with Gasteiger partial charge in [0.05, 0.1) is 0 Å². The molecule has 0 aliphatic heterocycles. The van der Waals surface area contributed by atoms with E-state index in [4.69, 9.17) is 0 Å². The zero-order valence-corrected chi connectivity index (χ0v) is 8.13. The van der Waals surface area contributed by atoms with Crippen LogP contribution in [0, 0.1) is 0 Å². The van der Waals surface area contributed by atoms with E-state index in [2.05, 4.69) is 18.1 Å². The number of rotatable bonds is 3. The lowest BCUT2D eigenvalue weighted by molar-refractivity contribution is 0.671. The summed E-state index contributed by atoms with van der Waals surface area (Å²) in [6, 6.07) is 3.55. The maximum absolute atomic E-state index is 13.4. The fraction of sp³-hybridized carbons (Fsp3) is 0.0833. The number of nitrogens with zero attached hydrogens (tertiary/aromatic N) is 1. The number of pyridine rings is 1. The Hall–Kier alpha value is -1.70. The van der Waals surface area contributed by atoms with Gasteiger partial charge >= 0.3 is 0 Å². The summed E-state index contributed by atoms with van der Waals surface area (Å²) in [5.74, 6) is -0.370. The lowest BCUT2D eigenvalue weighted by Crippen LogP contribution is -1.89. The Morgan fingerprint density at radius 3 is 2.71 bits per heavy atom. The van der Waals surface area contributed by atoms with Crippen molar-refractivity contribution in [2.45, 2.75) is 6.92 Å². The molecule has 1 heterocycles. The van der Waals surface area contributed by atoms with E-state index in [1.807, 2.05) is 0 Å². The summed E-state index contributed by atoms with van der Waals surface area (Å²) in [6.07, 6.45) is 4.43. The largest absolute Gasteiger partial charge is 0.264 e. The van der Waals surface area contributed by atoms with E-state index in [9.17, 15) is 4.39 Å². The Balaban J connectivity index is 3.28. The Kier molecular flexibility index (Phi) is 3.35. The lowest BCUT2D eigenvalue weighted by atomic mass is 10.0. The minimum Gasteiger partial charge on any atom is -0.264 e. The van der Waals surface area contributed by atoms with Gasteiger partial charge in [0.2, 0.25) is 0 Å². The molecular formula is C12H12FN. The van der Waals surface area contributed by atoms with Crippen LogP contribution in [0.25, 0.3) is 5.57 Å². The van der Waals surface area contributed by atoms with Crippen LogP contribution < -0.4 is 0 Å². The first kappa shape index (κ1) is 10.4. The first-order valence-corrected chi connectivity index (χ1v) is 4.25. The average molecular weight is 189 g/mol. The normalized spacial score (nSPS) is 11.9. The summed E-state index contributed by atoms with van der Waals surface area (Å²) in [5.41, 5.74) is 1.85. The number of halogens is 1. The van der Waals surface area contributed by atoms with Crippen LogP contribution in [0.3, 0.4) is 0 Å². The van der Waals surface area contributed by atoms with Gasteiger partial charge in [-0.25, -0.2) is 4.39 Å². The van der Waals surface area contributed by atoms with Gasteiger partial charge in [-0.05, 0) is 24.6 Å². The third kappa shape index (κ3) is 2.16. The molecule has 0 unspecified atom stereocenters. The summed E-state index contributed by atoms with van der Waals surface area (Å²) in [6.45, 7) is 8.88. The van der Waals surface area contributed by atoms with Crippen LogP contribution in [0.15, 0.2) is 55.2 Å². The van der Waals surface area contributed by atoms with Crippen molar-refractivity contribution < 1.29 is 4.39 Å². The quantitative estimate of drug-likeness (QED) is 0.663. The number of allylic oxidation sites excluding steroid dienone is 4. The highest BCUT2D eigenvalue weighted by Gasteiger charge is 2.07. The Labute approximate surface area is 83.3 Å². The topological polar surface area (TPSA) is 12.9 Å². The van der Waals surface area contributed by atoms with Crippen molar-refractivity contribution in [3.05, 3.63) is 60.7 Å². The molecule has 0 atom stereocenters. The summed E-state index contributed by atoms with van der Waals surface area (Å²) in [5, 5.41) is 0. The molecular weight excluding hydrogens is 177 g/mol. The zero-order chi connectivity index (χ0) is 10.6. The number of hydrogen-bond acceptors (Lipinski definition) is 1. The molecule has 0 saturated carbocycles. The average Bonchev–Trinajstić information content (AvgIpc) is 2.19. The van der Waals surface area contributed by atoms with E-state index in [1.165, 1.54) is 6.08 Å². The smallest absolute Gasteiger partial charge is 0.130 e. The minimum absolute atomic E-state index is 0.370. The predicted molar refractivity (Wildman–Crippen MR) is 57.3 cm³/mol. The molecule has 0 radical (unpaired) electrons. The maximum atomic E-state index is 13.4. The standard InChI is InChI=1S/C12H12FN/c1-4-11(13)12(9(2)3)10-6-5-7-14-8-10/h4-8H,1-2H2,3H3/b12-11-. The molecule has 0 aromatic carbocycles. The summed E-state index contributed by atoms with van der Waals surface area (Å²) < 4.78 is 13.4. The molecule has 0 N–H and O–H groups in total. The van der Waals surface area contributed by atoms with Crippen LogP contribution in [0.5, 0.6) is 0 Å². The van der Waals surface area contributed by atoms with Crippen molar-refractivity contribution in [1.29, 1.82) is 0 Å². The first-order valence-electron chi connectivity index (χ1n) is 4.25. The molecule has 1 nitrogen and oxygen atoms in total. The lowest BCUT2D eigenvalue weighted by Gasteiger charge is -2.06. The van der Waals surface area contributed by atoms with Gasteiger partial charge in [-0.15, -0.1) is 0 Å². The van der Waals surface area contributed by atoms with E-state index in [-0.39, 0.29) is 5.83 Å². The molecule has 1 rings (SSSR count). The second-order valence-corrected chi connectivity index (χ2v) is 2.95.